The number of nitrogens with one attached hydrogen (secondary N) is 2. The smallest absolute Gasteiger partial charge is 0.317 e. The zero-order valence-electron chi connectivity index (χ0n) is 14.3. The van der Waals surface area contributed by atoms with Gasteiger partial charge in [0.15, 0.2) is 0 Å². The molecule has 23 heavy (non-hydrogen) atoms. The van der Waals surface area contributed by atoms with Gasteiger partial charge in [-0.25, -0.2) is 4.79 Å². The molecule has 2 fully saturated rings. The second kappa shape index (κ2) is 7.35. The van der Waals surface area contributed by atoms with E-state index in [4.69, 9.17) is 0 Å². The van der Waals surface area contributed by atoms with E-state index in [0.717, 1.165) is 38.8 Å². The Morgan fingerprint density at radius 2 is 1.74 bits per heavy atom. The molecule has 2 amide bonds. The van der Waals surface area contributed by atoms with E-state index in [1.54, 1.807) is 0 Å². The molecular weight excluding hydrogens is 286 g/mol. The summed E-state index contributed by atoms with van der Waals surface area (Å²) in [5.41, 5.74) is 1.40. The first-order valence-corrected chi connectivity index (χ1v) is 8.98. The Balaban J connectivity index is 1.38. The van der Waals surface area contributed by atoms with Crippen molar-refractivity contribution in [1.82, 2.24) is 15.5 Å². The first-order valence-electron chi connectivity index (χ1n) is 8.98. The summed E-state index contributed by atoms with van der Waals surface area (Å²) in [5.74, 6) is 0.613. The minimum absolute atomic E-state index is 0.129. The summed E-state index contributed by atoms with van der Waals surface area (Å²) in [4.78, 5) is 14.3. The minimum Gasteiger partial charge on any atom is -0.335 e. The molecule has 1 saturated heterocycles. The molecule has 1 aromatic rings. The van der Waals surface area contributed by atoms with Crippen molar-refractivity contribution >= 4 is 6.03 Å². The van der Waals surface area contributed by atoms with Crippen molar-refractivity contribution in [2.24, 2.45) is 0 Å². The summed E-state index contributed by atoms with van der Waals surface area (Å²) >= 11 is 0. The summed E-state index contributed by atoms with van der Waals surface area (Å²) in [5, 5.41) is 6.78. The molecule has 4 nitrogen and oxygen atoms in total. The summed E-state index contributed by atoms with van der Waals surface area (Å²) in [6, 6.07) is 12.2. The second-order valence-electron chi connectivity index (χ2n) is 7.31. The number of nitrogens with zero attached hydrogens (tertiary/aromatic N) is 1. The first-order chi connectivity index (χ1) is 11.1. The Morgan fingerprint density at radius 1 is 1.09 bits per heavy atom. The number of carbonyl (C=O) groups excluding carboxylic acids is 1. The van der Waals surface area contributed by atoms with Gasteiger partial charge in [0.2, 0.25) is 0 Å². The molecule has 1 aromatic carbocycles. The Morgan fingerprint density at radius 3 is 2.35 bits per heavy atom. The molecule has 2 aliphatic rings. The molecule has 0 radical (unpaired) electrons. The predicted octanol–water partition coefficient (Wildman–Crippen LogP) is 3.10. The van der Waals surface area contributed by atoms with Crippen molar-refractivity contribution in [3.63, 3.8) is 0 Å². The van der Waals surface area contributed by atoms with Gasteiger partial charge in [0.1, 0.15) is 0 Å². The van der Waals surface area contributed by atoms with E-state index in [-0.39, 0.29) is 6.03 Å². The van der Waals surface area contributed by atoms with Gasteiger partial charge in [0, 0.05) is 31.2 Å². The number of hydrogen-bond acceptors (Lipinski definition) is 2. The Hall–Kier alpha value is -1.55. The lowest BCUT2D eigenvalue weighted by Gasteiger charge is -2.39. The lowest BCUT2D eigenvalue weighted by molar-refractivity contribution is 0.163. The Labute approximate surface area is 139 Å². The minimum atomic E-state index is 0.129. The van der Waals surface area contributed by atoms with E-state index in [2.05, 4.69) is 54.8 Å². The number of carbonyl (C=O) groups is 1. The van der Waals surface area contributed by atoms with E-state index in [1.165, 1.54) is 5.56 Å². The molecule has 2 N–H and O–H groups in total. The molecule has 0 unspecified atom stereocenters. The highest BCUT2D eigenvalue weighted by Gasteiger charge is 2.33. The van der Waals surface area contributed by atoms with Gasteiger partial charge in [0.25, 0.3) is 0 Å². The lowest BCUT2D eigenvalue weighted by Crippen LogP contribution is -2.53. The fourth-order valence-corrected chi connectivity index (χ4v) is 3.72. The van der Waals surface area contributed by atoms with Crippen LogP contribution in [-0.2, 0) is 0 Å². The van der Waals surface area contributed by atoms with Gasteiger partial charge in [-0.3, -0.25) is 0 Å². The quantitative estimate of drug-likeness (QED) is 0.897. The standard InChI is InChI=1S/C19H29N3O/c1-14(2)20-17-8-10-22(11-9-17)19(23)21-18-12-16(13-18)15-6-4-3-5-7-15/h3-7,14,16-18,20H,8-13H2,1-2H3,(H,21,23). The molecular formula is C19H29N3O. The molecule has 1 saturated carbocycles. The van der Waals surface area contributed by atoms with Crippen LogP contribution in [0.5, 0.6) is 0 Å². The zero-order valence-corrected chi connectivity index (χ0v) is 14.3. The number of urea groups is 1. The van der Waals surface area contributed by atoms with Crippen LogP contribution in [-0.4, -0.2) is 42.1 Å². The Kier molecular flexibility index (Phi) is 5.21. The van der Waals surface area contributed by atoms with Gasteiger partial charge in [-0.2, -0.15) is 0 Å². The fraction of sp³-hybridized carbons (Fsp3) is 0.632. The summed E-state index contributed by atoms with van der Waals surface area (Å²) in [7, 11) is 0. The molecule has 0 spiro atoms. The second-order valence-corrected chi connectivity index (χ2v) is 7.31. The van der Waals surface area contributed by atoms with E-state index < -0.39 is 0 Å². The van der Waals surface area contributed by atoms with Crippen molar-refractivity contribution in [3.8, 4) is 0 Å². The number of amides is 2. The van der Waals surface area contributed by atoms with Crippen molar-refractivity contribution in [2.75, 3.05) is 13.1 Å². The third-order valence-corrected chi connectivity index (χ3v) is 5.09. The van der Waals surface area contributed by atoms with Crippen molar-refractivity contribution in [1.29, 1.82) is 0 Å². The molecule has 0 atom stereocenters. The van der Waals surface area contributed by atoms with Crippen LogP contribution < -0.4 is 10.6 Å². The molecule has 1 aliphatic heterocycles. The van der Waals surface area contributed by atoms with E-state index in [0.29, 0.717) is 24.0 Å². The van der Waals surface area contributed by atoms with Gasteiger partial charge < -0.3 is 15.5 Å². The van der Waals surface area contributed by atoms with Gasteiger partial charge in [-0.15, -0.1) is 0 Å². The Bertz CT molecular complexity index is 503. The number of rotatable bonds is 4. The highest BCUT2D eigenvalue weighted by molar-refractivity contribution is 5.74. The average molecular weight is 315 g/mol. The maximum atomic E-state index is 12.4. The topological polar surface area (TPSA) is 44.4 Å². The third-order valence-electron chi connectivity index (χ3n) is 5.09. The van der Waals surface area contributed by atoms with Crippen LogP contribution >= 0.6 is 0 Å². The SMILES string of the molecule is CC(C)NC1CCN(C(=O)NC2CC(c3ccccc3)C2)CC1. The highest BCUT2D eigenvalue weighted by atomic mass is 16.2. The summed E-state index contributed by atoms with van der Waals surface area (Å²) in [6.07, 6.45) is 4.26. The van der Waals surface area contributed by atoms with E-state index in [9.17, 15) is 4.79 Å². The summed E-state index contributed by atoms with van der Waals surface area (Å²) in [6.45, 7) is 6.09. The predicted molar refractivity (Wildman–Crippen MR) is 93.6 cm³/mol. The maximum Gasteiger partial charge on any atom is 0.317 e. The lowest BCUT2D eigenvalue weighted by atomic mass is 9.76. The van der Waals surface area contributed by atoms with Gasteiger partial charge in [-0.05, 0) is 37.2 Å². The van der Waals surface area contributed by atoms with Crippen molar-refractivity contribution in [2.45, 2.75) is 63.6 Å². The molecule has 0 bridgehead atoms. The average Bonchev–Trinajstić information content (AvgIpc) is 2.51. The first kappa shape index (κ1) is 16.3. The monoisotopic (exact) mass is 315 g/mol. The van der Waals surface area contributed by atoms with Crippen molar-refractivity contribution < 1.29 is 4.79 Å². The van der Waals surface area contributed by atoms with Crippen LogP contribution in [0.25, 0.3) is 0 Å². The van der Waals surface area contributed by atoms with Gasteiger partial charge in [-0.1, -0.05) is 44.2 Å². The molecule has 126 valence electrons. The van der Waals surface area contributed by atoms with Crippen LogP contribution in [0.4, 0.5) is 4.79 Å². The molecule has 3 rings (SSSR count). The van der Waals surface area contributed by atoms with Gasteiger partial charge >= 0.3 is 6.03 Å². The molecule has 0 aromatic heterocycles. The van der Waals surface area contributed by atoms with Crippen molar-refractivity contribution in [3.05, 3.63) is 35.9 Å². The fourth-order valence-electron chi connectivity index (χ4n) is 3.72. The molecule has 1 heterocycles. The number of likely N-dealkylation sites (tertiary alicyclic amines) is 1. The maximum absolute atomic E-state index is 12.4. The van der Waals surface area contributed by atoms with Crippen LogP contribution in [0.3, 0.4) is 0 Å². The van der Waals surface area contributed by atoms with Crippen LogP contribution in [0.1, 0.15) is 51.0 Å². The molecule has 4 heteroatoms. The number of piperidine rings is 1. The number of benzene rings is 1. The zero-order chi connectivity index (χ0) is 16.2. The third kappa shape index (κ3) is 4.25. The van der Waals surface area contributed by atoms with Crippen LogP contribution in [0, 0.1) is 0 Å². The van der Waals surface area contributed by atoms with E-state index in [1.807, 2.05) is 4.90 Å². The summed E-state index contributed by atoms with van der Waals surface area (Å²) < 4.78 is 0. The number of hydrogen-bond donors (Lipinski definition) is 2. The normalized spacial score (nSPS) is 25.3. The molecule has 1 aliphatic carbocycles. The largest absolute Gasteiger partial charge is 0.335 e. The van der Waals surface area contributed by atoms with Gasteiger partial charge in [0.05, 0.1) is 0 Å². The van der Waals surface area contributed by atoms with Crippen LogP contribution in [0.2, 0.25) is 0 Å². The van der Waals surface area contributed by atoms with E-state index >= 15 is 0 Å². The van der Waals surface area contributed by atoms with Crippen LogP contribution in [0.15, 0.2) is 30.3 Å². The highest BCUT2D eigenvalue weighted by Crippen LogP contribution is 2.36.